The lowest BCUT2D eigenvalue weighted by Crippen LogP contribution is -2.22. The number of aromatic amines is 3. The Bertz CT molecular complexity index is 4370. The lowest BCUT2D eigenvalue weighted by atomic mass is 9.93. The molecule has 0 saturated carbocycles. The maximum Gasteiger partial charge on any atom is 0.355 e. The first-order chi connectivity index (χ1) is 39.1. The molecule has 0 saturated heterocycles. The quantitative estimate of drug-likeness (QED) is 0.0645. The Labute approximate surface area is 463 Å². The Hall–Kier alpha value is -9.05. The van der Waals surface area contributed by atoms with E-state index in [4.69, 9.17) is 30.2 Å². The molecule has 18 nitrogen and oxygen atoms in total. The second kappa shape index (κ2) is 22.2. The lowest BCUT2D eigenvalue weighted by Gasteiger charge is -2.15. The number of hydrogen-bond acceptors (Lipinski definition) is 13. The van der Waals surface area contributed by atoms with Gasteiger partial charge in [-0.15, -0.1) is 0 Å². The standard InChI is InChI=1S/C30H26ClFN4O4.C29H25F2N5O5/c1-35(2)9-5-10-40-30(38)28-26(19-6-3-4-7-25(19)37)27-24(14-21(32)18-8-11-39-29(18)27)36(28)15-17-12-22-23(13-20(17)31)34-16-33-22;1-35(2)7-9-41-29(39)25-23(17-4-3-6-32-27(17)37)24-22(12-20(31)16-5-8-40-26(16)24)36(25)13-15-10-18-21(11-19(15)30)33-14-34-28(18)38/h3-4,6,8,11-14,16H,5,7,9-10,15H2,1-2H3,(H,33,34);3-4,6,10-12,14H,5,7-9,13H2,1-2H3,(H,32,37)(H,33,34,38). The predicted octanol–water partition coefficient (Wildman–Crippen LogP) is 9.34. The summed E-state index contributed by atoms with van der Waals surface area (Å²) in [6.07, 6.45) is 11.9. The molecule has 0 amide bonds. The minimum Gasteiger partial charge on any atom is -0.492 e. The number of ketones is 1. The van der Waals surface area contributed by atoms with Crippen molar-refractivity contribution in [3.8, 4) is 16.9 Å². The minimum absolute atomic E-state index is 0.0340. The highest BCUT2D eigenvalue weighted by Gasteiger charge is 2.35. The van der Waals surface area contributed by atoms with E-state index in [1.807, 2.05) is 44.1 Å². The molecule has 1 aliphatic carbocycles. The monoisotopic (exact) mass is 1120 g/mol. The molecule has 4 aromatic carbocycles. The van der Waals surface area contributed by atoms with Crippen molar-refractivity contribution in [1.29, 1.82) is 0 Å². The molecular formula is C59H51ClF3N9O9. The number of H-pyrrole nitrogens is 3. The van der Waals surface area contributed by atoms with E-state index in [0.717, 1.165) is 18.1 Å². The van der Waals surface area contributed by atoms with Crippen LogP contribution >= 0.6 is 11.6 Å². The van der Waals surface area contributed by atoms with E-state index >= 15 is 13.2 Å². The number of likely N-dealkylation sites (N-methyl/N-ethyl adjacent to an activating group) is 1. The Morgan fingerprint density at radius 3 is 2.23 bits per heavy atom. The Morgan fingerprint density at radius 2 is 1.47 bits per heavy atom. The molecule has 12 rings (SSSR count). The van der Waals surface area contributed by atoms with Crippen LogP contribution in [0.15, 0.2) is 112 Å². The highest BCUT2D eigenvalue weighted by atomic mass is 35.5. The summed E-state index contributed by atoms with van der Waals surface area (Å²) in [6.45, 7) is 1.41. The number of carbonyl (C=O) groups is 3. The smallest absolute Gasteiger partial charge is 0.355 e. The lowest BCUT2D eigenvalue weighted by molar-refractivity contribution is -0.113. The number of aromatic nitrogens is 7. The molecular weight excluding hydrogens is 1070 g/mol. The van der Waals surface area contributed by atoms with Gasteiger partial charge < -0.3 is 52.5 Å². The van der Waals surface area contributed by atoms with Gasteiger partial charge in [-0.1, -0.05) is 29.8 Å². The van der Waals surface area contributed by atoms with E-state index in [1.165, 1.54) is 47.6 Å². The first-order valence-corrected chi connectivity index (χ1v) is 26.2. The van der Waals surface area contributed by atoms with Gasteiger partial charge in [0.05, 0.1) is 93.4 Å². The van der Waals surface area contributed by atoms with Crippen molar-refractivity contribution in [1.82, 2.24) is 43.9 Å². The molecule has 414 valence electrons. The van der Waals surface area contributed by atoms with E-state index < -0.39 is 40.5 Å². The summed E-state index contributed by atoms with van der Waals surface area (Å²) in [5.41, 5.74) is 3.65. The van der Waals surface area contributed by atoms with Crippen molar-refractivity contribution >= 4 is 89.6 Å². The first kappa shape index (κ1) is 53.9. The highest BCUT2D eigenvalue weighted by molar-refractivity contribution is 6.32. The number of furan rings is 1. The van der Waals surface area contributed by atoms with Crippen molar-refractivity contribution in [3.05, 3.63) is 175 Å². The van der Waals surface area contributed by atoms with Crippen LogP contribution in [0.2, 0.25) is 5.02 Å². The largest absolute Gasteiger partial charge is 0.492 e. The number of benzene rings is 4. The van der Waals surface area contributed by atoms with Gasteiger partial charge in [-0.05, 0) is 88.7 Å². The minimum atomic E-state index is -0.783. The summed E-state index contributed by atoms with van der Waals surface area (Å²) in [4.78, 5) is 86.6. The van der Waals surface area contributed by atoms with Gasteiger partial charge in [-0.3, -0.25) is 14.4 Å². The van der Waals surface area contributed by atoms with Crippen LogP contribution in [0.5, 0.6) is 5.75 Å². The van der Waals surface area contributed by atoms with Crippen LogP contribution in [0, 0.1) is 17.5 Å². The number of pyridine rings is 1. The Kier molecular flexibility index (Phi) is 14.8. The average molecular weight is 1120 g/mol. The van der Waals surface area contributed by atoms with Gasteiger partial charge in [-0.25, -0.2) is 32.7 Å². The van der Waals surface area contributed by atoms with Crippen molar-refractivity contribution in [2.45, 2.75) is 32.4 Å². The number of fused-ring (bicyclic) bond motifs is 8. The molecule has 2 aliphatic rings. The molecule has 0 bridgehead atoms. The van der Waals surface area contributed by atoms with Gasteiger partial charge in [0.25, 0.3) is 11.1 Å². The van der Waals surface area contributed by atoms with E-state index in [-0.39, 0.29) is 106 Å². The van der Waals surface area contributed by atoms with Crippen LogP contribution in [0.3, 0.4) is 0 Å². The molecule has 1 aliphatic heterocycles. The Balaban J connectivity index is 0.000000170. The van der Waals surface area contributed by atoms with Gasteiger partial charge in [0.1, 0.15) is 46.8 Å². The fourth-order valence-corrected chi connectivity index (χ4v) is 10.6. The molecule has 0 unspecified atom stereocenters. The SMILES string of the molecule is CN(C)CCCOC(=O)c1c(C2=CC=CCC2=O)c2c3occc3c(F)cc2n1Cc1cc2[nH]cnc2cc1Cl.CN(C)CCOC(=O)c1c(-c2ccc[nH]c2=O)c2c3c(c(F)cc2n1Cc1cc2c(=O)[nH]cnc2cc1F)CCO3. The third-order valence-electron chi connectivity index (χ3n) is 14.2. The summed E-state index contributed by atoms with van der Waals surface area (Å²) in [6, 6.07) is 13.4. The highest BCUT2D eigenvalue weighted by Crippen LogP contribution is 2.46. The number of hydrogen-bond donors (Lipinski definition) is 3. The number of nitrogens with one attached hydrogen (secondary N) is 3. The predicted molar refractivity (Wildman–Crippen MR) is 299 cm³/mol. The molecule has 81 heavy (non-hydrogen) atoms. The van der Waals surface area contributed by atoms with Gasteiger partial charge in [0, 0.05) is 77.6 Å². The number of carbonyl (C=O) groups excluding carboxylic acids is 3. The number of imidazole rings is 1. The third-order valence-corrected chi connectivity index (χ3v) is 14.6. The van der Waals surface area contributed by atoms with Crippen LogP contribution in [0.4, 0.5) is 13.2 Å². The zero-order valence-electron chi connectivity index (χ0n) is 44.2. The van der Waals surface area contributed by atoms with E-state index in [0.29, 0.717) is 68.5 Å². The average Bonchev–Trinajstić information content (AvgIpc) is 4.50. The number of esters is 2. The summed E-state index contributed by atoms with van der Waals surface area (Å²) in [7, 11) is 7.52. The fourth-order valence-electron chi connectivity index (χ4n) is 10.4. The van der Waals surface area contributed by atoms with E-state index in [1.54, 1.807) is 47.3 Å². The maximum absolute atomic E-state index is 15.4. The summed E-state index contributed by atoms with van der Waals surface area (Å²) < 4.78 is 72.2. The van der Waals surface area contributed by atoms with Crippen molar-refractivity contribution in [3.63, 3.8) is 0 Å². The third kappa shape index (κ3) is 10.2. The van der Waals surface area contributed by atoms with Crippen LogP contribution in [-0.2, 0) is 33.8 Å². The van der Waals surface area contributed by atoms with Gasteiger partial charge in [0.15, 0.2) is 5.78 Å². The summed E-state index contributed by atoms with van der Waals surface area (Å²) >= 11 is 6.66. The summed E-state index contributed by atoms with van der Waals surface area (Å²) in [5, 5.41) is 1.65. The van der Waals surface area contributed by atoms with Gasteiger partial charge in [0.2, 0.25) is 0 Å². The van der Waals surface area contributed by atoms with Crippen molar-refractivity contribution in [2.75, 3.05) is 61.1 Å². The molecule has 10 aromatic rings. The summed E-state index contributed by atoms with van der Waals surface area (Å²) in [5.74, 6) is -3.08. The number of nitrogens with zero attached hydrogens (tertiary/aromatic N) is 6. The van der Waals surface area contributed by atoms with Gasteiger partial charge in [-0.2, -0.15) is 0 Å². The second-order valence-corrected chi connectivity index (χ2v) is 20.4. The molecule has 0 fully saturated rings. The first-order valence-electron chi connectivity index (χ1n) is 25.8. The van der Waals surface area contributed by atoms with E-state index in [2.05, 4.69) is 24.9 Å². The normalized spacial score (nSPS) is 13.2. The Morgan fingerprint density at radius 1 is 0.753 bits per heavy atom. The van der Waals surface area contributed by atoms with E-state index in [9.17, 15) is 24.0 Å². The molecule has 6 aromatic heterocycles. The number of Topliss-reactive ketones (excluding diaryl/α,β-unsaturated/α-hetero) is 1. The number of halogens is 4. The second-order valence-electron chi connectivity index (χ2n) is 20.0. The van der Waals surface area contributed by atoms with Crippen molar-refractivity contribution < 1.29 is 46.2 Å². The molecule has 3 N–H and O–H groups in total. The van der Waals surface area contributed by atoms with Crippen LogP contribution in [0.1, 0.15) is 56.1 Å². The molecule has 0 atom stereocenters. The number of allylic oxidation sites excluding steroid dienone is 4. The number of rotatable bonds is 15. The van der Waals surface area contributed by atoms with Crippen LogP contribution in [-0.4, -0.2) is 123 Å². The van der Waals surface area contributed by atoms with Gasteiger partial charge >= 0.3 is 11.9 Å². The molecule has 0 spiro atoms. The molecule has 0 radical (unpaired) electrons. The topological polar surface area (TPSA) is 216 Å². The van der Waals surface area contributed by atoms with Crippen molar-refractivity contribution in [2.24, 2.45) is 0 Å². The molecule has 22 heteroatoms. The van der Waals surface area contributed by atoms with Crippen LogP contribution in [0.25, 0.3) is 71.4 Å². The number of ether oxygens (including phenoxy) is 3. The zero-order valence-corrected chi connectivity index (χ0v) is 44.9. The van der Waals surface area contributed by atoms with Crippen LogP contribution < -0.4 is 15.9 Å². The zero-order chi connectivity index (χ0) is 56.8. The maximum atomic E-state index is 15.4. The molecule has 7 heterocycles. The fraction of sp³-hybridized carbons (Fsp3) is 0.237.